The summed E-state index contributed by atoms with van der Waals surface area (Å²) >= 11 is 0. The molecule has 1 rings (SSSR count). The lowest BCUT2D eigenvalue weighted by Gasteiger charge is -2.36. The summed E-state index contributed by atoms with van der Waals surface area (Å²) in [4.78, 5) is 34.3. The maximum atomic E-state index is 11.4. The lowest BCUT2D eigenvalue weighted by atomic mass is 10.00. The summed E-state index contributed by atoms with van der Waals surface area (Å²) in [5, 5.41) is 8.61. The molecule has 0 atom stereocenters. The van der Waals surface area contributed by atoms with Crippen molar-refractivity contribution in [1.82, 2.24) is 4.90 Å². The molecule has 1 saturated heterocycles. The van der Waals surface area contributed by atoms with Crippen LogP contribution < -0.4 is 0 Å². The minimum Gasteiger partial charge on any atom is -0.481 e. The van der Waals surface area contributed by atoms with E-state index in [1.807, 2.05) is 0 Å². The molecule has 16 heavy (non-hydrogen) atoms. The van der Waals surface area contributed by atoms with Gasteiger partial charge in [0.2, 0.25) is 5.91 Å². The molecule has 0 aromatic carbocycles. The lowest BCUT2D eigenvalue weighted by molar-refractivity contribution is -0.154. The molecule has 0 aliphatic carbocycles. The number of amides is 1. The first kappa shape index (κ1) is 12.5. The standard InChI is InChI=1S/C10H15NO5/c1-2-16-9(13)4-3-8(12)11-5-7(6-11)10(14)15/h7H,2-6H2,1H3,(H,14,15). The van der Waals surface area contributed by atoms with Crippen LogP contribution in [0.1, 0.15) is 19.8 Å². The monoisotopic (exact) mass is 229 g/mol. The van der Waals surface area contributed by atoms with Gasteiger partial charge in [-0.1, -0.05) is 0 Å². The first-order valence-corrected chi connectivity index (χ1v) is 5.20. The van der Waals surface area contributed by atoms with E-state index in [2.05, 4.69) is 4.74 Å². The Labute approximate surface area is 93.2 Å². The molecule has 0 saturated carbocycles. The number of esters is 1. The van der Waals surface area contributed by atoms with Crippen molar-refractivity contribution >= 4 is 17.8 Å². The number of carboxylic acid groups (broad SMARTS) is 1. The maximum Gasteiger partial charge on any atom is 0.310 e. The number of rotatable bonds is 5. The SMILES string of the molecule is CCOC(=O)CCC(=O)N1CC(C(=O)O)C1. The molecular formula is C10H15NO5. The van der Waals surface area contributed by atoms with Crippen LogP contribution in [-0.2, 0) is 19.1 Å². The summed E-state index contributed by atoms with van der Waals surface area (Å²) < 4.78 is 4.68. The van der Waals surface area contributed by atoms with Gasteiger partial charge in [0.05, 0.1) is 18.9 Å². The summed E-state index contributed by atoms with van der Waals surface area (Å²) in [6.07, 6.45) is 0.145. The summed E-state index contributed by atoms with van der Waals surface area (Å²) in [6, 6.07) is 0. The van der Waals surface area contributed by atoms with Crippen molar-refractivity contribution in [3.05, 3.63) is 0 Å². The average molecular weight is 229 g/mol. The number of carboxylic acids is 1. The molecule has 0 aromatic rings. The van der Waals surface area contributed by atoms with Gasteiger partial charge in [0.25, 0.3) is 0 Å². The van der Waals surface area contributed by atoms with Crippen molar-refractivity contribution in [1.29, 1.82) is 0 Å². The number of hydrogen-bond acceptors (Lipinski definition) is 4. The van der Waals surface area contributed by atoms with E-state index >= 15 is 0 Å². The number of likely N-dealkylation sites (tertiary alicyclic amines) is 1. The molecule has 1 aliphatic heterocycles. The minimum atomic E-state index is -0.880. The topological polar surface area (TPSA) is 83.9 Å². The fourth-order valence-corrected chi connectivity index (χ4v) is 1.44. The van der Waals surface area contributed by atoms with Crippen LogP contribution in [-0.4, -0.2) is 47.5 Å². The predicted molar refractivity (Wildman–Crippen MR) is 53.6 cm³/mol. The van der Waals surface area contributed by atoms with Gasteiger partial charge in [0, 0.05) is 19.5 Å². The first-order chi connectivity index (χ1) is 7.54. The Balaban J connectivity index is 2.18. The van der Waals surface area contributed by atoms with E-state index in [-0.39, 0.29) is 31.8 Å². The van der Waals surface area contributed by atoms with Crippen LogP contribution in [0.25, 0.3) is 0 Å². The first-order valence-electron chi connectivity index (χ1n) is 5.20. The van der Waals surface area contributed by atoms with Crippen LogP contribution in [0.2, 0.25) is 0 Å². The van der Waals surface area contributed by atoms with Crippen molar-refractivity contribution in [3.8, 4) is 0 Å². The van der Waals surface area contributed by atoms with Crippen LogP contribution in [0.15, 0.2) is 0 Å². The van der Waals surface area contributed by atoms with Gasteiger partial charge in [0.1, 0.15) is 0 Å². The zero-order valence-corrected chi connectivity index (χ0v) is 9.14. The van der Waals surface area contributed by atoms with E-state index in [1.165, 1.54) is 4.90 Å². The minimum absolute atomic E-state index is 0.0565. The van der Waals surface area contributed by atoms with E-state index in [0.717, 1.165) is 0 Å². The van der Waals surface area contributed by atoms with E-state index in [0.29, 0.717) is 6.61 Å². The van der Waals surface area contributed by atoms with Gasteiger partial charge in [-0.2, -0.15) is 0 Å². The Morgan fingerprint density at radius 1 is 1.31 bits per heavy atom. The summed E-state index contributed by atoms with van der Waals surface area (Å²) in [7, 11) is 0. The second-order valence-electron chi connectivity index (χ2n) is 3.64. The Bertz CT molecular complexity index is 296. The third-order valence-electron chi connectivity index (χ3n) is 2.43. The molecule has 0 unspecified atom stereocenters. The molecule has 6 heteroatoms. The summed E-state index contributed by atoms with van der Waals surface area (Å²) in [5.74, 6) is -1.92. The number of ether oxygens (including phenoxy) is 1. The number of carbonyl (C=O) groups excluding carboxylic acids is 2. The quantitative estimate of drug-likeness (QED) is 0.664. The third-order valence-corrected chi connectivity index (χ3v) is 2.43. The van der Waals surface area contributed by atoms with E-state index < -0.39 is 17.9 Å². The second kappa shape index (κ2) is 5.48. The van der Waals surface area contributed by atoms with Crippen LogP contribution in [0.5, 0.6) is 0 Å². The van der Waals surface area contributed by atoms with Crippen LogP contribution >= 0.6 is 0 Å². The van der Waals surface area contributed by atoms with E-state index in [9.17, 15) is 14.4 Å². The number of aliphatic carboxylic acids is 1. The van der Waals surface area contributed by atoms with Gasteiger partial charge < -0.3 is 14.7 Å². The van der Waals surface area contributed by atoms with Crippen molar-refractivity contribution < 1.29 is 24.2 Å². The molecule has 0 bridgehead atoms. The largest absolute Gasteiger partial charge is 0.481 e. The Morgan fingerprint density at radius 3 is 2.44 bits per heavy atom. The molecule has 0 spiro atoms. The number of hydrogen-bond donors (Lipinski definition) is 1. The molecule has 1 fully saturated rings. The van der Waals surface area contributed by atoms with Crippen molar-refractivity contribution in [2.24, 2.45) is 5.92 Å². The highest BCUT2D eigenvalue weighted by Crippen LogP contribution is 2.17. The molecule has 0 aromatic heterocycles. The lowest BCUT2D eigenvalue weighted by Crippen LogP contribution is -2.53. The van der Waals surface area contributed by atoms with E-state index in [4.69, 9.17) is 5.11 Å². The van der Waals surface area contributed by atoms with Crippen molar-refractivity contribution in [3.63, 3.8) is 0 Å². The molecule has 90 valence electrons. The van der Waals surface area contributed by atoms with Gasteiger partial charge in [0.15, 0.2) is 0 Å². The molecule has 1 aliphatic rings. The predicted octanol–water partition coefficient (Wildman–Crippen LogP) is -0.127. The second-order valence-corrected chi connectivity index (χ2v) is 3.64. The summed E-state index contributed by atoms with van der Waals surface area (Å²) in [5.41, 5.74) is 0. The molecule has 1 N–H and O–H groups in total. The van der Waals surface area contributed by atoms with Crippen LogP contribution in [0, 0.1) is 5.92 Å². The Kier molecular flexibility index (Phi) is 4.28. The third kappa shape index (κ3) is 3.22. The zero-order valence-electron chi connectivity index (χ0n) is 9.14. The van der Waals surface area contributed by atoms with Crippen LogP contribution in [0.4, 0.5) is 0 Å². The van der Waals surface area contributed by atoms with E-state index in [1.54, 1.807) is 6.92 Å². The highest BCUT2D eigenvalue weighted by Gasteiger charge is 2.35. The normalized spacial score (nSPS) is 15.4. The van der Waals surface area contributed by atoms with Gasteiger partial charge >= 0.3 is 11.9 Å². The molecule has 1 amide bonds. The maximum absolute atomic E-state index is 11.4. The van der Waals surface area contributed by atoms with Gasteiger partial charge in [-0.25, -0.2) is 0 Å². The number of carbonyl (C=O) groups is 3. The smallest absolute Gasteiger partial charge is 0.310 e. The highest BCUT2D eigenvalue weighted by atomic mass is 16.5. The van der Waals surface area contributed by atoms with Crippen molar-refractivity contribution in [2.45, 2.75) is 19.8 Å². The van der Waals surface area contributed by atoms with Gasteiger partial charge in [-0.15, -0.1) is 0 Å². The molecule has 0 radical (unpaired) electrons. The molecule has 6 nitrogen and oxygen atoms in total. The zero-order chi connectivity index (χ0) is 12.1. The summed E-state index contributed by atoms with van der Waals surface area (Å²) in [6.45, 7) is 2.50. The highest BCUT2D eigenvalue weighted by molar-refractivity contribution is 5.83. The molecular weight excluding hydrogens is 214 g/mol. The Hall–Kier alpha value is -1.59. The van der Waals surface area contributed by atoms with Crippen molar-refractivity contribution in [2.75, 3.05) is 19.7 Å². The van der Waals surface area contributed by atoms with Gasteiger partial charge in [-0.05, 0) is 6.92 Å². The fraction of sp³-hybridized carbons (Fsp3) is 0.700. The Morgan fingerprint density at radius 2 is 1.94 bits per heavy atom. The average Bonchev–Trinajstić information content (AvgIpc) is 2.12. The fourth-order valence-electron chi connectivity index (χ4n) is 1.44. The molecule has 1 heterocycles. The van der Waals surface area contributed by atoms with Crippen LogP contribution in [0.3, 0.4) is 0 Å². The van der Waals surface area contributed by atoms with Gasteiger partial charge in [-0.3, -0.25) is 14.4 Å². The number of nitrogens with zero attached hydrogens (tertiary/aromatic N) is 1.